The zero-order valence-corrected chi connectivity index (χ0v) is 12.2. The molecule has 1 amide bonds. The van der Waals surface area contributed by atoms with Crippen molar-refractivity contribution in [2.45, 2.75) is 32.4 Å². The van der Waals surface area contributed by atoms with Crippen LogP contribution in [0.15, 0.2) is 36.5 Å². The van der Waals surface area contributed by atoms with Crippen molar-refractivity contribution in [2.75, 3.05) is 6.54 Å². The van der Waals surface area contributed by atoms with Gasteiger partial charge in [0.2, 0.25) is 5.91 Å². The van der Waals surface area contributed by atoms with Crippen molar-refractivity contribution >= 4 is 5.91 Å². The molecule has 1 atom stereocenters. The molecular weight excluding hydrogens is 264 g/mol. The van der Waals surface area contributed by atoms with Gasteiger partial charge in [0.1, 0.15) is 0 Å². The van der Waals surface area contributed by atoms with Gasteiger partial charge in [0, 0.05) is 37.5 Å². The maximum Gasteiger partial charge on any atom is 0.224 e. The minimum absolute atomic E-state index is 0.0917. The van der Waals surface area contributed by atoms with Crippen molar-refractivity contribution < 1.29 is 4.79 Å². The molecule has 0 saturated carbocycles. The average Bonchev–Trinajstić information content (AvgIpc) is 2.90. The minimum atomic E-state index is -0.0917. The fraction of sp³-hybridized carbons (Fsp3) is 0.375. The van der Waals surface area contributed by atoms with Crippen LogP contribution in [0.4, 0.5) is 0 Å². The van der Waals surface area contributed by atoms with Gasteiger partial charge in [0.25, 0.3) is 0 Å². The number of carbonyl (C=O) groups excluding carboxylic acids is 1. The molecule has 1 aliphatic heterocycles. The fourth-order valence-corrected chi connectivity index (χ4v) is 2.74. The Balaban J connectivity index is 1.80. The second kappa shape index (κ2) is 5.69. The molecule has 2 heterocycles. The molecule has 2 aromatic rings. The summed E-state index contributed by atoms with van der Waals surface area (Å²) in [7, 11) is 0. The average molecular weight is 284 g/mol. The van der Waals surface area contributed by atoms with Crippen LogP contribution in [0, 0.1) is 0 Å². The zero-order chi connectivity index (χ0) is 14.8. The predicted molar refractivity (Wildman–Crippen MR) is 81.0 cm³/mol. The molecule has 21 heavy (non-hydrogen) atoms. The molecule has 3 rings (SSSR count). The lowest BCUT2D eigenvalue weighted by Crippen LogP contribution is -2.38. The van der Waals surface area contributed by atoms with Gasteiger partial charge in [-0.05, 0) is 19.1 Å². The van der Waals surface area contributed by atoms with Crippen LogP contribution >= 0.6 is 0 Å². The molecule has 0 aliphatic carbocycles. The first-order chi connectivity index (χ1) is 10.1. The van der Waals surface area contributed by atoms with Crippen molar-refractivity contribution in [3.8, 4) is 5.69 Å². The Morgan fingerprint density at radius 3 is 2.86 bits per heavy atom. The zero-order valence-electron chi connectivity index (χ0n) is 12.2. The lowest BCUT2D eigenvalue weighted by atomic mass is 10.1. The van der Waals surface area contributed by atoms with E-state index in [4.69, 9.17) is 5.73 Å². The molecule has 0 fully saturated rings. The van der Waals surface area contributed by atoms with Gasteiger partial charge in [0.15, 0.2) is 0 Å². The Kier molecular flexibility index (Phi) is 3.75. The first-order valence-corrected chi connectivity index (χ1v) is 7.29. The van der Waals surface area contributed by atoms with Crippen molar-refractivity contribution in [1.29, 1.82) is 0 Å². The number of hydrogen-bond donors (Lipinski definition) is 1. The molecule has 5 nitrogen and oxygen atoms in total. The van der Waals surface area contributed by atoms with Crippen molar-refractivity contribution in [2.24, 2.45) is 5.73 Å². The standard InChI is InChI=1S/C16H20N4O/c1-12(17)9-16(21)19-8-7-15-13(11-19)10-18-20(15)14-5-3-2-4-6-14/h2-6,10,12H,7-9,11,17H2,1H3. The lowest BCUT2D eigenvalue weighted by molar-refractivity contribution is -0.132. The molecule has 0 radical (unpaired) electrons. The summed E-state index contributed by atoms with van der Waals surface area (Å²) in [6, 6.07) is 10.00. The number of nitrogens with two attached hydrogens (primary N) is 1. The number of amides is 1. The van der Waals surface area contributed by atoms with E-state index in [0.717, 1.165) is 24.2 Å². The van der Waals surface area contributed by atoms with Crippen LogP contribution in [0.1, 0.15) is 24.6 Å². The Hall–Kier alpha value is -2.14. The number of nitrogens with zero attached hydrogens (tertiary/aromatic N) is 3. The third kappa shape index (κ3) is 2.83. The van der Waals surface area contributed by atoms with Gasteiger partial charge in [-0.15, -0.1) is 0 Å². The molecule has 1 aliphatic rings. The fourth-order valence-electron chi connectivity index (χ4n) is 2.74. The summed E-state index contributed by atoms with van der Waals surface area (Å²) in [6.07, 6.45) is 3.10. The number of hydrogen-bond acceptors (Lipinski definition) is 3. The number of rotatable bonds is 3. The molecule has 1 aromatic carbocycles. The Bertz CT molecular complexity index is 633. The third-order valence-corrected chi connectivity index (χ3v) is 3.79. The van der Waals surface area contributed by atoms with Gasteiger partial charge in [-0.1, -0.05) is 18.2 Å². The van der Waals surface area contributed by atoms with Crippen LogP contribution in [0.25, 0.3) is 5.69 Å². The summed E-state index contributed by atoms with van der Waals surface area (Å²) in [6.45, 7) is 3.23. The van der Waals surface area contributed by atoms with Gasteiger partial charge in [-0.25, -0.2) is 4.68 Å². The molecular formula is C16H20N4O. The van der Waals surface area contributed by atoms with E-state index < -0.39 is 0 Å². The quantitative estimate of drug-likeness (QED) is 0.929. The smallest absolute Gasteiger partial charge is 0.224 e. The normalized spacial score (nSPS) is 15.6. The van der Waals surface area contributed by atoms with Gasteiger partial charge < -0.3 is 10.6 Å². The summed E-state index contributed by atoms with van der Waals surface area (Å²) in [4.78, 5) is 14.0. The lowest BCUT2D eigenvalue weighted by Gasteiger charge is -2.28. The summed E-state index contributed by atoms with van der Waals surface area (Å²) in [5.41, 5.74) is 9.10. The second-order valence-corrected chi connectivity index (χ2v) is 5.61. The number of aromatic nitrogens is 2. The maximum atomic E-state index is 12.1. The SMILES string of the molecule is CC(N)CC(=O)N1CCc2c(cnn2-c2ccccc2)C1. The first-order valence-electron chi connectivity index (χ1n) is 7.29. The van der Waals surface area contributed by atoms with Crippen molar-refractivity contribution in [1.82, 2.24) is 14.7 Å². The minimum Gasteiger partial charge on any atom is -0.338 e. The molecule has 5 heteroatoms. The summed E-state index contributed by atoms with van der Waals surface area (Å²) in [5, 5.41) is 4.48. The van der Waals surface area contributed by atoms with Crippen LogP contribution in [0.2, 0.25) is 0 Å². The van der Waals surface area contributed by atoms with E-state index in [2.05, 4.69) is 5.10 Å². The Morgan fingerprint density at radius 2 is 2.14 bits per heavy atom. The monoisotopic (exact) mass is 284 g/mol. The Morgan fingerprint density at radius 1 is 1.38 bits per heavy atom. The van der Waals surface area contributed by atoms with E-state index in [1.165, 1.54) is 5.69 Å². The predicted octanol–water partition coefficient (Wildman–Crippen LogP) is 1.49. The van der Waals surface area contributed by atoms with E-state index in [9.17, 15) is 4.79 Å². The third-order valence-electron chi connectivity index (χ3n) is 3.79. The highest BCUT2D eigenvalue weighted by molar-refractivity contribution is 5.77. The molecule has 110 valence electrons. The molecule has 2 N–H and O–H groups in total. The van der Waals surface area contributed by atoms with Crippen LogP contribution in [-0.4, -0.2) is 33.2 Å². The van der Waals surface area contributed by atoms with E-state index in [0.29, 0.717) is 13.0 Å². The van der Waals surface area contributed by atoms with Gasteiger partial charge in [0.05, 0.1) is 17.6 Å². The highest BCUT2D eigenvalue weighted by Gasteiger charge is 2.24. The Labute approximate surface area is 124 Å². The van der Waals surface area contributed by atoms with E-state index in [1.54, 1.807) is 0 Å². The highest BCUT2D eigenvalue weighted by Crippen LogP contribution is 2.22. The highest BCUT2D eigenvalue weighted by atomic mass is 16.2. The van der Waals surface area contributed by atoms with Crippen molar-refractivity contribution in [3.05, 3.63) is 47.8 Å². The van der Waals surface area contributed by atoms with Gasteiger partial charge in [-0.2, -0.15) is 5.10 Å². The van der Waals surface area contributed by atoms with E-state index in [1.807, 2.05) is 53.0 Å². The first kappa shape index (κ1) is 13.8. The number of carbonyl (C=O) groups is 1. The van der Waals surface area contributed by atoms with Gasteiger partial charge >= 0.3 is 0 Å². The molecule has 0 spiro atoms. The molecule has 1 aromatic heterocycles. The second-order valence-electron chi connectivity index (χ2n) is 5.61. The van der Waals surface area contributed by atoms with Crippen LogP contribution < -0.4 is 5.73 Å². The summed E-state index contributed by atoms with van der Waals surface area (Å²) < 4.78 is 1.97. The number of benzene rings is 1. The molecule has 1 unspecified atom stereocenters. The van der Waals surface area contributed by atoms with Crippen LogP contribution in [-0.2, 0) is 17.8 Å². The largest absolute Gasteiger partial charge is 0.338 e. The van der Waals surface area contributed by atoms with Gasteiger partial charge in [-0.3, -0.25) is 4.79 Å². The maximum absolute atomic E-state index is 12.1. The van der Waals surface area contributed by atoms with Crippen molar-refractivity contribution in [3.63, 3.8) is 0 Å². The van der Waals surface area contributed by atoms with E-state index in [-0.39, 0.29) is 11.9 Å². The van der Waals surface area contributed by atoms with E-state index >= 15 is 0 Å². The van der Waals surface area contributed by atoms with Crippen LogP contribution in [0.3, 0.4) is 0 Å². The molecule has 0 saturated heterocycles. The summed E-state index contributed by atoms with van der Waals surface area (Å²) in [5.74, 6) is 0.128. The number of fused-ring (bicyclic) bond motifs is 1. The molecule has 0 bridgehead atoms. The van der Waals surface area contributed by atoms with Crippen LogP contribution in [0.5, 0.6) is 0 Å². The summed E-state index contributed by atoms with van der Waals surface area (Å²) >= 11 is 0. The topological polar surface area (TPSA) is 64.2 Å². The number of para-hydroxylation sites is 1.